The minimum atomic E-state index is 0.387. The summed E-state index contributed by atoms with van der Waals surface area (Å²) in [6.07, 6.45) is 7.28. The smallest absolute Gasteiger partial charge is 0.0443 e. The molecular formula is C9H10N4. The molecule has 0 radical (unpaired) electrons. The van der Waals surface area contributed by atoms with Crippen molar-refractivity contribution in [2.45, 2.75) is 6.92 Å². The Balaban J connectivity index is 2.68. The van der Waals surface area contributed by atoms with E-state index in [2.05, 4.69) is 15.0 Å². The summed E-state index contributed by atoms with van der Waals surface area (Å²) >= 11 is 0. The van der Waals surface area contributed by atoms with Crippen LogP contribution in [-0.4, -0.2) is 11.5 Å². The van der Waals surface area contributed by atoms with Gasteiger partial charge in [-0.05, 0) is 29.6 Å². The van der Waals surface area contributed by atoms with E-state index < -0.39 is 0 Å². The number of nitrogens with zero attached hydrogens (tertiary/aromatic N) is 4. The van der Waals surface area contributed by atoms with Gasteiger partial charge in [0.25, 0.3) is 0 Å². The lowest BCUT2D eigenvalue weighted by atomic mass is 10.1. The summed E-state index contributed by atoms with van der Waals surface area (Å²) in [6.45, 7) is 2.37. The Morgan fingerprint density at radius 2 is 2.54 bits per heavy atom. The lowest BCUT2D eigenvalue weighted by Crippen LogP contribution is -1.81. The van der Waals surface area contributed by atoms with Crippen LogP contribution in [-0.2, 0) is 0 Å². The standard InChI is InChI=1S/C9H10N4/c1-8-7-11-6-4-9(8)3-2-5-12-13-10/h2-4,6-7H,5H2,1H3. The number of hydrogen-bond donors (Lipinski definition) is 0. The van der Waals surface area contributed by atoms with Crippen molar-refractivity contribution < 1.29 is 0 Å². The van der Waals surface area contributed by atoms with Crippen LogP contribution < -0.4 is 0 Å². The maximum absolute atomic E-state index is 8.03. The zero-order chi connectivity index (χ0) is 9.52. The molecule has 1 rings (SSSR count). The molecule has 13 heavy (non-hydrogen) atoms. The zero-order valence-corrected chi connectivity index (χ0v) is 7.38. The fourth-order valence-electron chi connectivity index (χ4n) is 0.934. The van der Waals surface area contributed by atoms with Crippen molar-refractivity contribution >= 4 is 6.08 Å². The molecule has 0 aliphatic rings. The third kappa shape index (κ3) is 2.97. The molecule has 1 aromatic heterocycles. The van der Waals surface area contributed by atoms with Crippen molar-refractivity contribution in [3.63, 3.8) is 0 Å². The Kier molecular flexibility index (Phi) is 3.54. The van der Waals surface area contributed by atoms with Gasteiger partial charge in [-0.3, -0.25) is 4.98 Å². The first-order valence-electron chi connectivity index (χ1n) is 3.92. The second kappa shape index (κ2) is 4.95. The SMILES string of the molecule is Cc1cnccc1C=CCN=[N+]=[N-]. The largest absolute Gasteiger partial charge is 0.264 e. The normalized spacial score (nSPS) is 9.92. The van der Waals surface area contributed by atoms with E-state index in [0.717, 1.165) is 11.1 Å². The molecule has 4 heteroatoms. The Morgan fingerprint density at radius 1 is 1.69 bits per heavy atom. The molecule has 0 unspecified atom stereocenters. The third-order valence-electron chi connectivity index (χ3n) is 1.61. The summed E-state index contributed by atoms with van der Waals surface area (Å²) in [6, 6.07) is 1.92. The number of azide groups is 1. The number of rotatable bonds is 3. The van der Waals surface area contributed by atoms with Gasteiger partial charge in [0.05, 0.1) is 0 Å². The van der Waals surface area contributed by atoms with E-state index in [4.69, 9.17) is 5.53 Å². The van der Waals surface area contributed by atoms with E-state index in [0.29, 0.717) is 6.54 Å². The van der Waals surface area contributed by atoms with E-state index in [1.807, 2.05) is 25.1 Å². The van der Waals surface area contributed by atoms with Crippen LogP contribution in [0.3, 0.4) is 0 Å². The highest BCUT2D eigenvalue weighted by Crippen LogP contribution is 2.06. The summed E-state index contributed by atoms with van der Waals surface area (Å²) in [5.41, 5.74) is 10.2. The molecule has 0 fully saturated rings. The van der Waals surface area contributed by atoms with Crippen LogP contribution in [0, 0.1) is 6.92 Å². The Labute approximate surface area is 76.6 Å². The van der Waals surface area contributed by atoms with Gasteiger partial charge in [0, 0.05) is 23.9 Å². The van der Waals surface area contributed by atoms with Crippen LogP contribution in [0.2, 0.25) is 0 Å². The van der Waals surface area contributed by atoms with Crippen LogP contribution in [0.4, 0.5) is 0 Å². The first kappa shape index (κ1) is 9.29. The summed E-state index contributed by atoms with van der Waals surface area (Å²) in [4.78, 5) is 6.62. The number of aryl methyl sites for hydroxylation is 1. The van der Waals surface area contributed by atoms with Crippen molar-refractivity contribution in [1.82, 2.24) is 4.98 Å². The lowest BCUT2D eigenvalue weighted by molar-refractivity contribution is 1.21. The van der Waals surface area contributed by atoms with E-state index >= 15 is 0 Å². The van der Waals surface area contributed by atoms with Gasteiger partial charge in [-0.25, -0.2) is 0 Å². The minimum absolute atomic E-state index is 0.387. The van der Waals surface area contributed by atoms with Crippen LogP contribution in [0.15, 0.2) is 29.7 Å². The molecule has 0 aliphatic heterocycles. The van der Waals surface area contributed by atoms with Gasteiger partial charge >= 0.3 is 0 Å². The van der Waals surface area contributed by atoms with Crippen LogP contribution >= 0.6 is 0 Å². The summed E-state index contributed by atoms with van der Waals surface area (Å²) in [5, 5.41) is 3.39. The maximum atomic E-state index is 8.03. The van der Waals surface area contributed by atoms with E-state index in [1.54, 1.807) is 12.4 Å². The Bertz CT molecular complexity index is 350. The van der Waals surface area contributed by atoms with Crippen LogP contribution in [0.1, 0.15) is 11.1 Å². The van der Waals surface area contributed by atoms with Gasteiger partial charge in [0.15, 0.2) is 0 Å². The van der Waals surface area contributed by atoms with E-state index in [-0.39, 0.29) is 0 Å². The highest BCUT2D eigenvalue weighted by atomic mass is 15.1. The molecular weight excluding hydrogens is 164 g/mol. The van der Waals surface area contributed by atoms with Gasteiger partial charge in [-0.15, -0.1) is 0 Å². The minimum Gasteiger partial charge on any atom is -0.264 e. The van der Waals surface area contributed by atoms with Gasteiger partial charge in [-0.1, -0.05) is 17.3 Å². The maximum Gasteiger partial charge on any atom is 0.0443 e. The van der Waals surface area contributed by atoms with Crippen molar-refractivity contribution in [3.05, 3.63) is 46.1 Å². The third-order valence-corrected chi connectivity index (χ3v) is 1.61. The van der Waals surface area contributed by atoms with Gasteiger partial charge in [0.2, 0.25) is 0 Å². The molecule has 4 nitrogen and oxygen atoms in total. The van der Waals surface area contributed by atoms with Gasteiger partial charge in [-0.2, -0.15) is 0 Å². The molecule has 0 aromatic carbocycles. The molecule has 0 spiro atoms. The average Bonchev–Trinajstić information content (AvgIpc) is 2.15. The molecule has 0 amide bonds. The number of aromatic nitrogens is 1. The summed E-state index contributed by atoms with van der Waals surface area (Å²) in [5.74, 6) is 0. The van der Waals surface area contributed by atoms with Crippen LogP contribution in [0.5, 0.6) is 0 Å². The summed E-state index contributed by atoms with van der Waals surface area (Å²) in [7, 11) is 0. The zero-order valence-electron chi connectivity index (χ0n) is 7.38. The predicted octanol–water partition coefficient (Wildman–Crippen LogP) is 2.71. The van der Waals surface area contributed by atoms with Crippen molar-refractivity contribution in [2.24, 2.45) is 5.11 Å². The van der Waals surface area contributed by atoms with Crippen LogP contribution in [0.25, 0.3) is 16.5 Å². The fraction of sp³-hybridized carbons (Fsp3) is 0.222. The molecule has 1 aromatic rings. The van der Waals surface area contributed by atoms with Crippen molar-refractivity contribution in [3.8, 4) is 0 Å². The van der Waals surface area contributed by atoms with Crippen molar-refractivity contribution in [1.29, 1.82) is 0 Å². The molecule has 66 valence electrons. The molecule has 0 saturated heterocycles. The highest BCUT2D eigenvalue weighted by Gasteiger charge is 1.89. The lowest BCUT2D eigenvalue weighted by Gasteiger charge is -1.96. The topological polar surface area (TPSA) is 61.7 Å². The fourth-order valence-corrected chi connectivity index (χ4v) is 0.934. The Morgan fingerprint density at radius 3 is 3.23 bits per heavy atom. The average molecular weight is 174 g/mol. The van der Waals surface area contributed by atoms with Gasteiger partial charge in [0.1, 0.15) is 0 Å². The number of pyridine rings is 1. The second-order valence-electron chi connectivity index (χ2n) is 2.55. The summed E-state index contributed by atoms with van der Waals surface area (Å²) < 4.78 is 0. The molecule has 0 N–H and O–H groups in total. The predicted molar refractivity (Wildman–Crippen MR) is 52.0 cm³/mol. The molecule has 0 saturated carbocycles. The monoisotopic (exact) mass is 174 g/mol. The van der Waals surface area contributed by atoms with Crippen molar-refractivity contribution in [2.75, 3.05) is 6.54 Å². The van der Waals surface area contributed by atoms with E-state index in [9.17, 15) is 0 Å². The quantitative estimate of drug-likeness (QED) is 0.394. The molecule has 0 atom stereocenters. The Hall–Kier alpha value is -1.80. The first-order valence-corrected chi connectivity index (χ1v) is 3.92. The molecule has 1 heterocycles. The molecule has 0 bridgehead atoms. The van der Waals surface area contributed by atoms with E-state index in [1.165, 1.54) is 0 Å². The number of hydrogen-bond acceptors (Lipinski definition) is 2. The highest BCUT2D eigenvalue weighted by molar-refractivity contribution is 5.52. The molecule has 0 aliphatic carbocycles. The second-order valence-corrected chi connectivity index (χ2v) is 2.55. The van der Waals surface area contributed by atoms with Gasteiger partial charge < -0.3 is 0 Å². The first-order chi connectivity index (χ1) is 6.34.